The molecule has 0 spiro atoms. The Kier molecular flexibility index (Phi) is 4.23. The number of halogens is 1. The van der Waals surface area contributed by atoms with Crippen LogP contribution in [0.15, 0.2) is 18.2 Å². The molecule has 0 bridgehead atoms. The Morgan fingerprint density at radius 3 is 2.79 bits per heavy atom. The molecule has 106 valence electrons. The summed E-state index contributed by atoms with van der Waals surface area (Å²) in [4.78, 5) is 0. The highest BCUT2D eigenvalue weighted by atomic mass is 32.2. The summed E-state index contributed by atoms with van der Waals surface area (Å²) in [5.41, 5.74) is 6.39. The summed E-state index contributed by atoms with van der Waals surface area (Å²) in [6, 6.07) is 4.35. The van der Waals surface area contributed by atoms with Crippen LogP contribution in [0.2, 0.25) is 0 Å². The van der Waals surface area contributed by atoms with Gasteiger partial charge in [-0.25, -0.2) is 12.8 Å². The topological polar surface area (TPSA) is 69.4 Å². The van der Waals surface area contributed by atoms with Crippen molar-refractivity contribution in [3.63, 3.8) is 0 Å². The van der Waals surface area contributed by atoms with Gasteiger partial charge < -0.3 is 10.5 Å². The summed E-state index contributed by atoms with van der Waals surface area (Å²) in [6.07, 6.45) is 0.146. The molecule has 0 aliphatic carbocycles. The third kappa shape index (κ3) is 3.13. The molecule has 0 aromatic heterocycles. The van der Waals surface area contributed by atoms with Gasteiger partial charge in [0.05, 0.1) is 17.1 Å². The van der Waals surface area contributed by atoms with Crippen LogP contribution in [0.1, 0.15) is 24.5 Å². The first-order valence-electron chi connectivity index (χ1n) is 6.24. The average molecular weight is 287 g/mol. The fourth-order valence-electron chi connectivity index (χ4n) is 2.37. The van der Waals surface area contributed by atoms with Gasteiger partial charge in [0.2, 0.25) is 0 Å². The third-order valence-electron chi connectivity index (χ3n) is 3.47. The summed E-state index contributed by atoms with van der Waals surface area (Å²) in [5, 5.41) is -0.548. The third-order valence-corrected chi connectivity index (χ3v) is 5.73. The van der Waals surface area contributed by atoms with Gasteiger partial charge in [-0.3, -0.25) is 0 Å². The molecule has 0 amide bonds. The molecule has 1 heterocycles. The highest BCUT2D eigenvalue weighted by molar-refractivity contribution is 7.91. The molecule has 2 atom stereocenters. The summed E-state index contributed by atoms with van der Waals surface area (Å²) in [7, 11) is -3.42. The Balaban J connectivity index is 2.25. The van der Waals surface area contributed by atoms with Crippen LogP contribution in [0.4, 0.5) is 4.39 Å². The number of rotatable bonds is 4. The van der Waals surface area contributed by atoms with Crippen molar-refractivity contribution < 1.29 is 17.5 Å². The van der Waals surface area contributed by atoms with Gasteiger partial charge >= 0.3 is 0 Å². The maximum absolute atomic E-state index is 13.7. The van der Waals surface area contributed by atoms with Crippen molar-refractivity contribution in [3.8, 4) is 0 Å². The maximum atomic E-state index is 13.7. The largest absolute Gasteiger partial charge is 0.377 e. The zero-order chi connectivity index (χ0) is 14.0. The van der Waals surface area contributed by atoms with Crippen LogP contribution in [-0.4, -0.2) is 26.4 Å². The molecule has 1 aromatic rings. The molecule has 1 aromatic carbocycles. The van der Waals surface area contributed by atoms with Gasteiger partial charge in [0.1, 0.15) is 5.82 Å². The lowest BCUT2D eigenvalue weighted by Crippen LogP contribution is -2.29. The fourth-order valence-corrected chi connectivity index (χ4v) is 4.36. The summed E-state index contributed by atoms with van der Waals surface area (Å²) < 4.78 is 43.5. The van der Waals surface area contributed by atoms with Crippen molar-refractivity contribution in [2.24, 2.45) is 5.73 Å². The monoisotopic (exact) mass is 287 g/mol. The molecule has 1 saturated heterocycles. The van der Waals surface area contributed by atoms with Crippen LogP contribution in [0.3, 0.4) is 0 Å². The van der Waals surface area contributed by atoms with Gasteiger partial charge in [-0.05, 0) is 25.0 Å². The van der Waals surface area contributed by atoms with Crippen molar-refractivity contribution in [3.05, 3.63) is 35.1 Å². The molecule has 4 nitrogen and oxygen atoms in total. The second-order valence-electron chi connectivity index (χ2n) is 4.84. The smallest absolute Gasteiger partial charge is 0.160 e. The number of sulfone groups is 1. The predicted octanol–water partition coefficient (Wildman–Crippen LogP) is 1.38. The Hall–Kier alpha value is -0.980. The van der Waals surface area contributed by atoms with Gasteiger partial charge in [-0.1, -0.05) is 12.1 Å². The Labute approximate surface area is 112 Å². The van der Waals surface area contributed by atoms with E-state index < -0.39 is 20.9 Å². The van der Waals surface area contributed by atoms with Crippen molar-refractivity contribution in [2.75, 3.05) is 6.61 Å². The summed E-state index contributed by atoms with van der Waals surface area (Å²) >= 11 is 0. The van der Waals surface area contributed by atoms with Gasteiger partial charge in [-0.15, -0.1) is 0 Å². The molecule has 1 aliphatic rings. The van der Waals surface area contributed by atoms with Crippen LogP contribution in [-0.2, 0) is 26.9 Å². The number of hydrogen-bond acceptors (Lipinski definition) is 4. The van der Waals surface area contributed by atoms with Crippen molar-refractivity contribution in [2.45, 2.75) is 37.0 Å². The van der Waals surface area contributed by atoms with E-state index in [1.807, 2.05) is 0 Å². The molecule has 2 unspecified atom stereocenters. The van der Waals surface area contributed by atoms with Crippen LogP contribution >= 0.6 is 0 Å². The minimum Gasteiger partial charge on any atom is -0.377 e. The van der Waals surface area contributed by atoms with E-state index in [1.165, 1.54) is 12.1 Å². The highest BCUT2D eigenvalue weighted by Crippen LogP contribution is 2.25. The maximum Gasteiger partial charge on any atom is 0.160 e. The molecule has 1 fully saturated rings. The van der Waals surface area contributed by atoms with E-state index in [-0.39, 0.29) is 24.0 Å². The SMILES string of the molecule is CC1OCCC1S(=O)(=O)Cc1cc(CN)ccc1F. The second-order valence-corrected chi connectivity index (χ2v) is 7.06. The van der Waals surface area contributed by atoms with Crippen LogP contribution < -0.4 is 5.73 Å². The van der Waals surface area contributed by atoms with Crippen LogP contribution in [0.5, 0.6) is 0 Å². The molecule has 2 N–H and O–H groups in total. The molecular formula is C13H18FNO3S. The molecule has 1 aliphatic heterocycles. The zero-order valence-corrected chi connectivity index (χ0v) is 11.6. The van der Waals surface area contributed by atoms with Crippen molar-refractivity contribution in [1.29, 1.82) is 0 Å². The van der Waals surface area contributed by atoms with Gasteiger partial charge in [0.15, 0.2) is 9.84 Å². The number of benzene rings is 1. The van der Waals surface area contributed by atoms with E-state index in [2.05, 4.69) is 0 Å². The van der Waals surface area contributed by atoms with Crippen LogP contribution in [0, 0.1) is 5.82 Å². The number of hydrogen-bond donors (Lipinski definition) is 1. The molecule has 6 heteroatoms. The average Bonchev–Trinajstić information content (AvgIpc) is 2.79. The predicted molar refractivity (Wildman–Crippen MR) is 70.7 cm³/mol. The molecule has 2 rings (SSSR count). The van der Waals surface area contributed by atoms with Crippen molar-refractivity contribution >= 4 is 9.84 Å². The van der Waals surface area contributed by atoms with Crippen LogP contribution in [0.25, 0.3) is 0 Å². The lowest BCUT2D eigenvalue weighted by molar-refractivity contribution is 0.126. The Morgan fingerprint density at radius 2 is 2.21 bits per heavy atom. The van der Waals surface area contributed by atoms with E-state index >= 15 is 0 Å². The summed E-state index contributed by atoms with van der Waals surface area (Å²) in [6.45, 7) is 2.44. The van der Waals surface area contributed by atoms with Gasteiger partial charge in [0, 0.05) is 18.7 Å². The zero-order valence-electron chi connectivity index (χ0n) is 10.8. The molecule has 0 radical (unpaired) electrons. The van der Waals surface area contributed by atoms with E-state index in [4.69, 9.17) is 10.5 Å². The second kappa shape index (κ2) is 5.56. The fraction of sp³-hybridized carbons (Fsp3) is 0.538. The van der Waals surface area contributed by atoms with Gasteiger partial charge in [0.25, 0.3) is 0 Å². The quantitative estimate of drug-likeness (QED) is 0.908. The number of ether oxygens (including phenoxy) is 1. The van der Waals surface area contributed by atoms with E-state index in [1.54, 1.807) is 13.0 Å². The normalized spacial score (nSPS) is 23.7. The molecule has 19 heavy (non-hydrogen) atoms. The minimum atomic E-state index is -3.42. The highest BCUT2D eigenvalue weighted by Gasteiger charge is 2.36. The molecule has 0 saturated carbocycles. The van der Waals surface area contributed by atoms with E-state index in [0.29, 0.717) is 13.0 Å². The van der Waals surface area contributed by atoms with E-state index in [0.717, 1.165) is 5.56 Å². The Morgan fingerprint density at radius 1 is 1.47 bits per heavy atom. The first-order valence-corrected chi connectivity index (χ1v) is 7.96. The first-order chi connectivity index (χ1) is 8.94. The number of nitrogens with two attached hydrogens (primary N) is 1. The lowest BCUT2D eigenvalue weighted by Gasteiger charge is -2.15. The minimum absolute atomic E-state index is 0.182. The summed E-state index contributed by atoms with van der Waals surface area (Å²) in [5.74, 6) is -0.808. The van der Waals surface area contributed by atoms with Gasteiger partial charge in [-0.2, -0.15) is 0 Å². The molecular weight excluding hydrogens is 269 g/mol. The standard InChI is InChI=1S/C13H18FNO3S/c1-9-13(4-5-18-9)19(16,17)8-11-6-10(7-15)2-3-12(11)14/h2-3,6,9,13H,4-5,7-8,15H2,1H3. The van der Waals surface area contributed by atoms with E-state index in [9.17, 15) is 12.8 Å². The van der Waals surface area contributed by atoms with Crippen molar-refractivity contribution in [1.82, 2.24) is 0 Å². The Bertz CT molecular complexity index is 559. The first kappa shape index (κ1) is 14.4. The lowest BCUT2D eigenvalue weighted by atomic mass is 10.1.